The summed E-state index contributed by atoms with van der Waals surface area (Å²) in [5, 5.41) is 3.33. The van der Waals surface area contributed by atoms with Crippen LogP contribution in [0.4, 0.5) is 0 Å². The van der Waals surface area contributed by atoms with Gasteiger partial charge in [0.15, 0.2) is 0 Å². The highest BCUT2D eigenvalue weighted by Crippen LogP contribution is 2.22. The summed E-state index contributed by atoms with van der Waals surface area (Å²) in [5.74, 6) is 1.96. The van der Waals surface area contributed by atoms with Crippen LogP contribution in [0.3, 0.4) is 0 Å². The number of nitrogens with zero attached hydrogens (tertiary/aromatic N) is 1. The molecule has 0 fully saturated rings. The van der Waals surface area contributed by atoms with Gasteiger partial charge < -0.3 is 19.2 Å². The second-order valence-corrected chi connectivity index (χ2v) is 8.51. The minimum Gasteiger partial charge on any atom is -0.493 e. The Kier molecular flexibility index (Phi) is 8.89. The monoisotopic (exact) mass is 484 g/mol. The molecule has 0 saturated heterocycles. The molecule has 1 unspecified atom stereocenters. The number of aromatic nitrogens is 1. The minimum atomic E-state index is -0.425. The standard InChI is InChI=1S/C30H32N2O4/c1-3-34-30(33)28(31-21-24-10-6-4-7-11-24)20-23-14-16-26(17-15-23)35-19-18-27-22(2)36-29(32-27)25-12-8-5-9-13-25/h4-17,28,31H,3,18-21H2,1-2H3. The fraction of sp³-hybridized carbons (Fsp3) is 0.267. The van der Waals surface area contributed by atoms with Gasteiger partial charge in [0.25, 0.3) is 0 Å². The highest BCUT2D eigenvalue weighted by Gasteiger charge is 2.20. The molecule has 1 aromatic heterocycles. The summed E-state index contributed by atoms with van der Waals surface area (Å²) < 4.78 is 17.1. The van der Waals surface area contributed by atoms with Crippen molar-refractivity contribution >= 4 is 5.97 Å². The molecule has 0 radical (unpaired) electrons. The molecular weight excluding hydrogens is 452 g/mol. The molecule has 0 aliphatic carbocycles. The Morgan fingerprint density at radius 2 is 1.64 bits per heavy atom. The molecule has 1 N–H and O–H groups in total. The Morgan fingerprint density at radius 3 is 2.33 bits per heavy atom. The first kappa shape index (κ1) is 25.2. The number of hydrogen-bond acceptors (Lipinski definition) is 6. The van der Waals surface area contributed by atoms with Crippen molar-refractivity contribution in [2.75, 3.05) is 13.2 Å². The van der Waals surface area contributed by atoms with Gasteiger partial charge in [0.2, 0.25) is 5.89 Å². The van der Waals surface area contributed by atoms with Gasteiger partial charge in [-0.15, -0.1) is 0 Å². The molecule has 3 aromatic carbocycles. The lowest BCUT2D eigenvalue weighted by Crippen LogP contribution is -2.39. The van der Waals surface area contributed by atoms with Crippen molar-refractivity contribution in [1.29, 1.82) is 0 Å². The van der Waals surface area contributed by atoms with Gasteiger partial charge in [-0.05, 0) is 55.7 Å². The van der Waals surface area contributed by atoms with Gasteiger partial charge in [-0.1, -0.05) is 60.7 Å². The van der Waals surface area contributed by atoms with E-state index in [1.807, 2.05) is 98.8 Å². The predicted octanol–water partition coefficient (Wildman–Crippen LogP) is 5.54. The van der Waals surface area contributed by atoms with E-state index in [0.29, 0.717) is 38.5 Å². The predicted molar refractivity (Wildman–Crippen MR) is 140 cm³/mol. The molecule has 4 rings (SSSR count). The number of ether oxygens (including phenoxy) is 2. The van der Waals surface area contributed by atoms with E-state index < -0.39 is 6.04 Å². The molecule has 0 spiro atoms. The average Bonchev–Trinajstić information content (AvgIpc) is 3.29. The van der Waals surface area contributed by atoms with Gasteiger partial charge in [-0.2, -0.15) is 0 Å². The summed E-state index contributed by atoms with van der Waals surface area (Å²) in [5.41, 5.74) is 4.00. The van der Waals surface area contributed by atoms with Crippen LogP contribution in [0, 0.1) is 6.92 Å². The molecule has 0 bridgehead atoms. The van der Waals surface area contributed by atoms with Crippen molar-refractivity contribution < 1.29 is 18.7 Å². The van der Waals surface area contributed by atoms with Crippen LogP contribution in [0.5, 0.6) is 5.75 Å². The summed E-state index contributed by atoms with van der Waals surface area (Å²) in [6, 6.07) is 27.3. The summed E-state index contributed by atoms with van der Waals surface area (Å²) in [6.07, 6.45) is 1.19. The first-order valence-electron chi connectivity index (χ1n) is 12.3. The van der Waals surface area contributed by atoms with E-state index in [1.54, 1.807) is 0 Å². The minimum absolute atomic E-state index is 0.244. The SMILES string of the molecule is CCOC(=O)C(Cc1ccc(OCCc2nc(-c3ccccc3)oc2C)cc1)NCc1ccccc1. The average molecular weight is 485 g/mol. The van der Waals surface area contributed by atoms with E-state index in [9.17, 15) is 4.79 Å². The lowest BCUT2D eigenvalue weighted by molar-refractivity contribution is -0.145. The Hall–Kier alpha value is -3.90. The van der Waals surface area contributed by atoms with Crippen molar-refractivity contribution in [1.82, 2.24) is 10.3 Å². The van der Waals surface area contributed by atoms with Crippen molar-refractivity contribution in [2.45, 2.75) is 39.3 Å². The lowest BCUT2D eigenvalue weighted by atomic mass is 10.1. The molecule has 0 saturated carbocycles. The summed E-state index contributed by atoms with van der Waals surface area (Å²) >= 11 is 0. The lowest BCUT2D eigenvalue weighted by Gasteiger charge is -2.18. The number of carbonyl (C=O) groups is 1. The van der Waals surface area contributed by atoms with Gasteiger partial charge in [-0.3, -0.25) is 4.79 Å². The molecule has 0 amide bonds. The molecule has 1 atom stereocenters. The molecule has 1 heterocycles. The quantitative estimate of drug-likeness (QED) is 0.266. The summed E-state index contributed by atoms with van der Waals surface area (Å²) in [7, 11) is 0. The molecule has 4 aromatic rings. The fourth-order valence-corrected chi connectivity index (χ4v) is 3.91. The van der Waals surface area contributed by atoms with Crippen molar-refractivity contribution in [3.8, 4) is 17.2 Å². The molecule has 186 valence electrons. The smallest absolute Gasteiger partial charge is 0.323 e. The van der Waals surface area contributed by atoms with Crippen LogP contribution < -0.4 is 10.1 Å². The third-order valence-corrected chi connectivity index (χ3v) is 5.85. The van der Waals surface area contributed by atoms with Crippen LogP contribution in [0.25, 0.3) is 11.5 Å². The second-order valence-electron chi connectivity index (χ2n) is 8.51. The largest absolute Gasteiger partial charge is 0.493 e. The zero-order valence-electron chi connectivity index (χ0n) is 20.8. The summed E-state index contributed by atoms with van der Waals surface area (Å²) in [4.78, 5) is 17.1. The Bertz CT molecular complexity index is 1220. The van der Waals surface area contributed by atoms with E-state index in [4.69, 9.17) is 13.9 Å². The van der Waals surface area contributed by atoms with Gasteiger partial charge in [-0.25, -0.2) is 4.98 Å². The fourth-order valence-electron chi connectivity index (χ4n) is 3.91. The zero-order valence-corrected chi connectivity index (χ0v) is 20.8. The number of benzene rings is 3. The maximum Gasteiger partial charge on any atom is 0.323 e. The van der Waals surface area contributed by atoms with E-state index in [2.05, 4.69) is 10.3 Å². The molecule has 0 aliphatic heterocycles. The third-order valence-electron chi connectivity index (χ3n) is 5.85. The number of carbonyl (C=O) groups excluding carboxylic acids is 1. The third kappa shape index (κ3) is 7.06. The van der Waals surface area contributed by atoms with E-state index in [0.717, 1.165) is 33.9 Å². The zero-order chi connectivity index (χ0) is 25.2. The van der Waals surface area contributed by atoms with Crippen LogP contribution in [0.1, 0.15) is 29.5 Å². The normalized spacial score (nSPS) is 11.7. The van der Waals surface area contributed by atoms with Crippen molar-refractivity contribution in [3.63, 3.8) is 0 Å². The number of rotatable bonds is 12. The Morgan fingerprint density at radius 1 is 0.944 bits per heavy atom. The van der Waals surface area contributed by atoms with Crippen LogP contribution in [-0.4, -0.2) is 30.2 Å². The van der Waals surface area contributed by atoms with Crippen LogP contribution in [0.15, 0.2) is 89.3 Å². The Labute approximate surface area is 212 Å². The van der Waals surface area contributed by atoms with Crippen molar-refractivity contribution in [3.05, 3.63) is 108 Å². The highest BCUT2D eigenvalue weighted by atomic mass is 16.5. The van der Waals surface area contributed by atoms with Crippen molar-refractivity contribution in [2.24, 2.45) is 0 Å². The number of aryl methyl sites for hydroxylation is 1. The topological polar surface area (TPSA) is 73.6 Å². The molecule has 6 heteroatoms. The number of oxazole rings is 1. The van der Waals surface area contributed by atoms with E-state index in [1.165, 1.54) is 0 Å². The second kappa shape index (κ2) is 12.7. The van der Waals surface area contributed by atoms with Gasteiger partial charge in [0, 0.05) is 18.5 Å². The molecular formula is C30H32N2O4. The van der Waals surface area contributed by atoms with Crippen LogP contribution in [0.2, 0.25) is 0 Å². The first-order valence-corrected chi connectivity index (χ1v) is 12.3. The maximum absolute atomic E-state index is 12.5. The number of hydrogen-bond donors (Lipinski definition) is 1. The molecule has 0 aliphatic rings. The van der Waals surface area contributed by atoms with E-state index in [-0.39, 0.29) is 5.97 Å². The Balaban J connectivity index is 1.30. The van der Waals surface area contributed by atoms with Gasteiger partial charge in [0.05, 0.1) is 18.9 Å². The first-order chi connectivity index (χ1) is 17.6. The summed E-state index contributed by atoms with van der Waals surface area (Å²) in [6.45, 7) is 5.19. The van der Waals surface area contributed by atoms with E-state index >= 15 is 0 Å². The maximum atomic E-state index is 12.5. The molecule has 36 heavy (non-hydrogen) atoms. The number of nitrogens with one attached hydrogen (secondary N) is 1. The van der Waals surface area contributed by atoms with Crippen LogP contribution >= 0.6 is 0 Å². The highest BCUT2D eigenvalue weighted by molar-refractivity contribution is 5.76. The number of esters is 1. The van der Waals surface area contributed by atoms with Gasteiger partial charge in [0.1, 0.15) is 17.6 Å². The van der Waals surface area contributed by atoms with Crippen LogP contribution in [-0.2, 0) is 28.9 Å². The van der Waals surface area contributed by atoms with Gasteiger partial charge >= 0.3 is 5.97 Å². The molecule has 6 nitrogen and oxygen atoms in total.